The summed E-state index contributed by atoms with van der Waals surface area (Å²) in [6.07, 6.45) is -7.03. The summed E-state index contributed by atoms with van der Waals surface area (Å²) in [4.78, 5) is 15.0. The maximum atomic E-state index is 13.5. The minimum Gasteiger partial charge on any atom is -0.296 e. The predicted molar refractivity (Wildman–Crippen MR) is 87.1 cm³/mol. The highest BCUT2D eigenvalue weighted by Gasteiger charge is 2.83. The van der Waals surface area contributed by atoms with Gasteiger partial charge in [-0.2, -0.15) is 39.5 Å². The van der Waals surface area contributed by atoms with Gasteiger partial charge in [0, 0.05) is 10.9 Å². The first-order chi connectivity index (χ1) is 13.0. The Morgan fingerprint density at radius 2 is 1.52 bits per heavy atom. The molecule has 0 atom stereocenters. The third-order valence-corrected chi connectivity index (χ3v) is 4.87. The van der Waals surface area contributed by atoms with Gasteiger partial charge in [-0.15, -0.1) is 11.3 Å². The van der Waals surface area contributed by atoms with Crippen LogP contribution < -0.4 is 5.32 Å². The summed E-state index contributed by atoms with van der Waals surface area (Å²) in [6, 6.07) is 4.00. The highest BCUT2D eigenvalue weighted by atomic mass is 35.5. The van der Waals surface area contributed by atoms with Gasteiger partial charge in [-0.3, -0.25) is 10.1 Å². The SMILES string of the molecule is O=C(Nc1nc(-c2ccc(Cl)c(Cl)c2)cs1)C(F)(F)C(F)(F)C(F)(F)C(F)(F)F. The third kappa shape index (κ3) is 4.12. The van der Waals surface area contributed by atoms with E-state index in [9.17, 15) is 44.3 Å². The van der Waals surface area contributed by atoms with Crippen LogP contribution >= 0.6 is 34.5 Å². The molecule has 0 saturated heterocycles. The van der Waals surface area contributed by atoms with E-state index in [1.54, 1.807) is 0 Å². The molecule has 1 aromatic heterocycles. The van der Waals surface area contributed by atoms with Crippen LogP contribution in [0.2, 0.25) is 10.0 Å². The maximum Gasteiger partial charge on any atom is 0.460 e. The van der Waals surface area contributed by atoms with E-state index in [2.05, 4.69) is 4.98 Å². The van der Waals surface area contributed by atoms with Crippen molar-refractivity contribution in [2.45, 2.75) is 23.9 Å². The van der Waals surface area contributed by atoms with Crippen molar-refractivity contribution in [1.82, 2.24) is 4.98 Å². The molecule has 2 rings (SSSR count). The number of amides is 1. The number of nitrogens with one attached hydrogen (secondary N) is 1. The Bertz CT molecular complexity index is 930. The first-order valence-corrected chi connectivity index (χ1v) is 8.58. The van der Waals surface area contributed by atoms with E-state index in [0.717, 1.165) is 10.7 Å². The van der Waals surface area contributed by atoms with E-state index in [4.69, 9.17) is 23.2 Å². The molecule has 0 fully saturated rings. The predicted octanol–water partition coefficient (Wildman–Crippen LogP) is 6.52. The largest absolute Gasteiger partial charge is 0.460 e. The molecule has 160 valence electrons. The number of aromatic nitrogens is 1. The molecular formula is C14H5Cl2F9N2OS. The molecule has 1 amide bonds. The maximum absolute atomic E-state index is 13.5. The smallest absolute Gasteiger partial charge is 0.296 e. The summed E-state index contributed by atoms with van der Waals surface area (Å²) in [5.41, 5.74) is 0.261. The minimum atomic E-state index is -7.17. The van der Waals surface area contributed by atoms with Gasteiger partial charge in [-0.25, -0.2) is 4.98 Å². The van der Waals surface area contributed by atoms with Crippen molar-refractivity contribution in [3.05, 3.63) is 33.6 Å². The second-order valence-electron chi connectivity index (χ2n) is 5.34. The first kappa shape index (κ1) is 23.5. The molecule has 0 aliphatic heterocycles. The fourth-order valence-corrected chi connectivity index (χ4v) is 2.83. The van der Waals surface area contributed by atoms with Crippen LogP contribution in [0.25, 0.3) is 11.3 Å². The zero-order chi connectivity index (χ0) is 22.4. The molecule has 0 radical (unpaired) electrons. The summed E-state index contributed by atoms with van der Waals surface area (Å²) in [5.74, 6) is -23.7. The summed E-state index contributed by atoms with van der Waals surface area (Å²) < 4.78 is 115. The third-order valence-electron chi connectivity index (χ3n) is 3.37. The topological polar surface area (TPSA) is 42.0 Å². The van der Waals surface area contributed by atoms with Crippen LogP contribution in [0, 0.1) is 0 Å². The summed E-state index contributed by atoms with van der Waals surface area (Å²) >= 11 is 11.9. The van der Waals surface area contributed by atoms with Gasteiger partial charge in [0.15, 0.2) is 5.13 Å². The van der Waals surface area contributed by atoms with Crippen molar-refractivity contribution < 1.29 is 44.3 Å². The number of alkyl halides is 9. The van der Waals surface area contributed by atoms with Crippen molar-refractivity contribution >= 4 is 45.6 Å². The normalized spacial score (nSPS) is 13.5. The standard InChI is InChI=1S/C14H5Cl2F9N2OS/c15-6-2-1-5(3-7(6)16)8-4-29-10(26-8)27-9(28)11(17,18)12(19,20)13(21,22)14(23,24)25/h1-4H,(H,26,27,28). The van der Waals surface area contributed by atoms with Crippen molar-refractivity contribution in [2.75, 3.05) is 5.32 Å². The number of rotatable bonds is 5. The zero-order valence-electron chi connectivity index (χ0n) is 13.2. The lowest BCUT2D eigenvalue weighted by molar-refractivity contribution is -0.388. The minimum absolute atomic E-state index is 0.000403. The highest BCUT2D eigenvalue weighted by Crippen LogP contribution is 2.53. The summed E-state index contributed by atoms with van der Waals surface area (Å²) in [5, 5.41) is 1.72. The lowest BCUT2D eigenvalue weighted by Gasteiger charge is -2.32. The monoisotopic (exact) mass is 490 g/mol. The number of hydrogen-bond donors (Lipinski definition) is 1. The van der Waals surface area contributed by atoms with E-state index in [-0.39, 0.29) is 21.3 Å². The van der Waals surface area contributed by atoms with Crippen LogP contribution in [0.4, 0.5) is 44.6 Å². The summed E-state index contributed by atoms with van der Waals surface area (Å²) in [7, 11) is 0. The molecule has 1 heterocycles. The van der Waals surface area contributed by atoms with E-state index < -0.39 is 35.0 Å². The van der Waals surface area contributed by atoms with Crippen LogP contribution in [0.3, 0.4) is 0 Å². The zero-order valence-corrected chi connectivity index (χ0v) is 15.6. The number of nitrogens with zero attached hydrogens (tertiary/aromatic N) is 1. The van der Waals surface area contributed by atoms with Crippen LogP contribution in [0.1, 0.15) is 0 Å². The highest BCUT2D eigenvalue weighted by molar-refractivity contribution is 7.14. The van der Waals surface area contributed by atoms with Gasteiger partial charge in [0.2, 0.25) is 0 Å². The van der Waals surface area contributed by atoms with E-state index in [1.165, 1.54) is 18.2 Å². The molecule has 3 nitrogen and oxygen atoms in total. The molecule has 2 aromatic rings. The molecule has 15 heteroatoms. The number of thiazole rings is 1. The van der Waals surface area contributed by atoms with Crippen molar-refractivity contribution in [2.24, 2.45) is 0 Å². The van der Waals surface area contributed by atoms with Gasteiger partial charge < -0.3 is 0 Å². The Kier molecular flexibility index (Phi) is 6.10. The molecule has 29 heavy (non-hydrogen) atoms. The average molecular weight is 491 g/mol. The number of hydrogen-bond acceptors (Lipinski definition) is 3. The van der Waals surface area contributed by atoms with Gasteiger partial charge in [-0.1, -0.05) is 29.3 Å². The average Bonchev–Trinajstić information content (AvgIpc) is 3.04. The van der Waals surface area contributed by atoms with Gasteiger partial charge in [-0.05, 0) is 12.1 Å². The second kappa shape index (κ2) is 7.51. The first-order valence-electron chi connectivity index (χ1n) is 6.95. The van der Waals surface area contributed by atoms with Crippen LogP contribution in [0.5, 0.6) is 0 Å². The van der Waals surface area contributed by atoms with Crippen molar-refractivity contribution in [3.63, 3.8) is 0 Å². The van der Waals surface area contributed by atoms with E-state index in [1.807, 2.05) is 0 Å². The molecule has 0 bridgehead atoms. The Hall–Kier alpha value is -1.73. The Labute approximate surface area is 169 Å². The molecular weight excluding hydrogens is 486 g/mol. The summed E-state index contributed by atoms with van der Waals surface area (Å²) in [6.45, 7) is 0. The molecule has 1 aromatic carbocycles. The Morgan fingerprint density at radius 1 is 0.931 bits per heavy atom. The fraction of sp³-hybridized carbons (Fsp3) is 0.286. The number of carbonyl (C=O) groups is 1. The van der Waals surface area contributed by atoms with Gasteiger partial charge in [0.25, 0.3) is 0 Å². The molecule has 0 unspecified atom stereocenters. The lowest BCUT2D eigenvalue weighted by atomic mass is 10.0. The quantitative estimate of drug-likeness (QED) is 0.484. The number of halogens is 11. The van der Waals surface area contributed by atoms with E-state index in [0.29, 0.717) is 11.3 Å². The van der Waals surface area contributed by atoms with Gasteiger partial charge in [0.05, 0.1) is 15.7 Å². The van der Waals surface area contributed by atoms with E-state index >= 15 is 0 Å². The molecule has 0 saturated carbocycles. The molecule has 0 aliphatic carbocycles. The lowest BCUT2D eigenvalue weighted by Crippen LogP contribution is -2.64. The Balaban J connectivity index is 2.27. The fourth-order valence-electron chi connectivity index (χ4n) is 1.81. The van der Waals surface area contributed by atoms with Crippen molar-refractivity contribution in [3.8, 4) is 11.3 Å². The number of anilines is 1. The molecule has 1 N–H and O–H groups in total. The number of benzene rings is 1. The number of carbonyl (C=O) groups excluding carboxylic acids is 1. The van der Waals surface area contributed by atoms with Crippen LogP contribution in [-0.4, -0.2) is 34.8 Å². The van der Waals surface area contributed by atoms with Gasteiger partial charge >= 0.3 is 29.9 Å². The molecule has 0 spiro atoms. The Morgan fingerprint density at radius 3 is 2.03 bits per heavy atom. The van der Waals surface area contributed by atoms with Crippen LogP contribution in [0.15, 0.2) is 23.6 Å². The van der Waals surface area contributed by atoms with Gasteiger partial charge in [0.1, 0.15) is 0 Å². The van der Waals surface area contributed by atoms with Crippen LogP contribution in [-0.2, 0) is 4.79 Å². The second-order valence-corrected chi connectivity index (χ2v) is 7.01. The van der Waals surface area contributed by atoms with Crippen molar-refractivity contribution in [1.29, 1.82) is 0 Å². The molecule has 0 aliphatic rings.